The average Bonchev–Trinajstić information content (AvgIpc) is 2.53. The smallest absolute Gasteiger partial charge is 0.320 e. The van der Waals surface area contributed by atoms with Gasteiger partial charge in [-0.25, -0.2) is 9.97 Å². The van der Waals surface area contributed by atoms with Crippen molar-refractivity contribution < 1.29 is 9.90 Å². The molecule has 0 spiro atoms. The van der Waals surface area contributed by atoms with Gasteiger partial charge < -0.3 is 10.0 Å². The number of hydrogen-bond donors (Lipinski definition) is 1. The number of carbonyl (C=O) groups is 1. The summed E-state index contributed by atoms with van der Waals surface area (Å²) < 4.78 is 0. The highest BCUT2D eigenvalue weighted by atomic mass is 16.4. The van der Waals surface area contributed by atoms with E-state index in [1.165, 1.54) is 0 Å². The van der Waals surface area contributed by atoms with E-state index in [4.69, 9.17) is 5.11 Å². The van der Waals surface area contributed by atoms with Crippen LogP contribution in [-0.4, -0.2) is 58.2 Å². The Bertz CT molecular complexity index is 648. The highest BCUT2D eigenvalue weighted by molar-refractivity contribution is 5.89. The molecule has 1 aliphatic heterocycles. The number of aliphatic carboxylic acids is 1. The molecule has 0 bridgehead atoms. The van der Waals surface area contributed by atoms with Gasteiger partial charge in [0.25, 0.3) is 0 Å². The van der Waals surface area contributed by atoms with Crippen LogP contribution in [0.1, 0.15) is 6.92 Å². The van der Waals surface area contributed by atoms with Gasteiger partial charge in [0.2, 0.25) is 0 Å². The highest BCUT2D eigenvalue weighted by Gasteiger charge is 2.26. The lowest BCUT2D eigenvalue weighted by molar-refractivity contribution is -0.142. The van der Waals surface area contributed by atoms with Crippen LogP contribution in [0.3, 0.4) is 0 Å². The number of hydrogen-bond acceptors (Lipinski definition) is 5. The van der Waals surface area contributed by atoms with Crippen LogP contribution in [0.2, 0.25) is 0 Å². The fourth-order valence-electron chi connectivity index (χ4n) is 2.72. The lowest BCUT2D eigenvalue weighted by Gasteiger charge is -2.37. The summed E-state index contributed by atoms with van der Waals surface area (Å²) in [6.45, 7) is 4.74. The topological polar surface area (TPSA) is 69.6 Å². The molecule has 0 saturated carbocycles. The molecule has 1 aromatic carbocycles. The monoisotopic (exact) mass is 286 g/mol. The number of aromatic nitrogens is 2. The van der Waals surface area contributed by atoms with Crippen LogP contribution in [0.25, 0.3) is 10.9 Å². The molecule has 21 heavy (non-hydrogen) atoms. The molecule has 1 aromatic heterocycles. The molecule has 1 unspecified atom stereocenters. The number of anilines is 1. The maximum absolute atomic E-state index is 11.0. The Hall–Kier alpha value is -2.21. The van der Waals surface area contributed by atoms with Crippen molar-refractivity contribution in [1.82, 2.24) is 14.9 Å². The summed E-state index contributed by atoms with van der Waals surface area (Å²) in [5.74, 6) is 0.166. The first kappa shape index (κ1) is 13.8. The van der Waals surface area contributed by atoms with Gasteiger partial charge in [-0.1, -0.05) is 12.1 Å². The number of nitrogens with zero attached hydrogens (tertiary/aromatic N) is 4. The van der Waals surface area contributed by atoms with Crippen LogP contribution >= 0.6 is 0 Å². The fourth-order valence-corrected chi connectivity index (χ4v) is 2.72. The van der Waals surface area contributed by atoms with Crippen molar-refractivity contribution in [2.75, 3.05) is 31.1 Å². The number of piperazine rings is 1. The molecule has 6 heteroatoms. The van der Waals surface area contributed by atoms with Gasteiger partial charge in [0.1, 0.15) is 18.2 Å². The van der Waals surface area contributed by atoms with Gasteiger partial charge in [0.15, 0.2) is 0 Å². The molecule has 2 heterocycles. The molecule has 0 amide bonds. The maximum Gasteiger partial charge on any atom is 0.320 e. The van der Waals surface area contributed by atoms with Gasteiger partial charge in [-0.15, -0.1) is 0 Å². The molecular weight excluding hydrogens is 268 g/mol. The predicted octanol–water partition coefficient (Wildman–Crippen LogP) is 1.22. The van der Waals surface area contributed by atoms with E-state index < -0.39 is 12.0 Å². The standard InChI is InChI=1S/C15H18N4O2/c1-11(15(20)21)18-6-8-19(9-7-18)14-12-4-2-3-5-13(12)16-10-17-14/h2-5,10-11H,6-9H2,1H3,(H,20,21). The van der Waals surface area contributed by atoms with E-state index in [1.807, 2.05) is 29.2 Å². The Balaban J connectivity index is 1.79. The van der Waals surface area contributed by atoms with Gasteiger partial charge in [0.05, 0.1) is 5.52 Å². The van der Waals surface area contributed by atoms with E-state index in [0.29, 0.717) is 0 Å². The van der Waals surface area contributed by atoms with Crippen molar-refractivity contribution in [3.63, 3.8) is 0 Å². The SMILES string of the molecule is CC(C(=O)O)N1CCN(c2ncnc3ccccc23)CC1. The van der Waals surface area contributed by atoms with E-state index in [0.717, 1.165) is 42.9 Å². The Kier molecular flexibility index (Phi) is 3.70. The van der Waals surface area contributed by atoms with Crippen LogP contribution < -0.4 is 4.90 Å². The molecule has 1 fully saturated rings. The lowest BCUT2D eigenvalue weighted by Crippen LogP contribution is -2.52. The molecule has 2 aromatic rings. The summed E-state index contributed by atoms with van der Waals surface area (Å²) in [6.07, 6.45) is 1.59. The van der Waals surface area contributed by atoms with Crippen molar-refractivity contribution >= 4 is 22.7 Å². The lowest BCUT2D eigenvalue weighted by atomic mass is 10.2. The second-order valence-electron chi connectivity index (χ2n) is 5.25. The molecule has 1 atom stereocenters. The fraction of sp³-hybridized carbons (Fsp3) is 0.400. The second-order valence-corrected chi connectivity index (χ2v) is 5.25. The van der Waals surface area contributed by atoms with Crippen LogP contribution in [0.5, 0.6) is 0 Å². The minimum atomic E-state index is -0.768. The van der Waals surface area contributed by atoms with Crippen LogP contribution in [-0.2, 0) is 4.79 Å². The predicted molar refractivity (Wildman–Crippen MR) is 80.4 cm³/mol. The van der Waals surface area contributed by atoms with E-state index in [2.05, 4.69) is 14.9 Å². The third-order valence-electron chi connectivity index (χ3n) is 4.04. The molecule has 1 saturated heterocycles. The molecule has 3 rings (SSSR count). The summed E-state index contributed by atoms with van der Waals surface area (Å²) >= 11 is 0. The van der Waals surface area contributed by atoms with Gasteiger partial charge in [-0.3, -0.25) is 9.69 Å². The first-order chi connectivity index (χ1) is 10.2. The number of carboxylic acid groups (broad SMARTS) is 1. The first-order valence-corrected chi connectivity index (χ1v) is 7.08. The Morgan fingerprint density at radius 3 is 2.62 bits per heavy atom. The molecular formula is C15H18N4O2. The minimum absolute atomic E-state index is 0.436. The molecule has 1 N–H and O–H groups in total. The quantitative estimate of drug-likeness (QED) is 0.915. The zero-order valence-corrected chi connectivity index (χ0v) is 11.9. The summed E-state index contributed by atoms with van der Waals surface area (Å²) in [4.78, 5) is 23.9. The van der Waals surface area contributed by atoms with E-state index in [9.17, 15) is 4.79 Å². The molecule has 110 valence electrons. The van der Waals surface area contributed by atoms with Crippen molar-refractivity contribution in [3.05, 3.63) is 30.6 Å². The second kappa shape index (κ2) is 5.65. The van der Waals surface area contributed by atoms with Crippen LogP contribution in [0.15, 0.2) is 30.6 Å². The summed E-state index contributed by atoms with van der Waals surface area (Å²) in [7, 11) is 0. The summed E-state index contributed by atoms with van der Waals surface area (Å²) in [6, 6.07) is 7.51. The Morgan fingerprint density at radius 2 is 1.90 bits per heavy atom. The number of carboxylic acids is 1. The van der Waals surface area contributed by atoms with Crippen molar-refractivity contribution in [1.29, 1.82) is 0 Å². The Labute approximate surface area is 123 Å². The average molecular weight is 286 g/mol. The molecule has 6 nitrogen and oxygen atoms in total. The molecule has 0 aliphatic carbocycles. The van der Waals surface area contributed by atoms with Crippen molar-refractivity contribution in [2.24, 2.45) is 0 Å². The third kappa shape index (κ3) is 2.67. The number of rotatable bonds is 3. The highest BCUT2D eigenvalue weighted by Crippen LogP contribution is 2.23. The number of fused-ring (bicyclic) bond motifs is 1. The largest absolute Gasteiger partial charge is 0.480 e. The van der Waals surface area contributed by atoms with Crippen LogP contribution in [0.4, 0.5) is 5.82 Å². The van der Waals surface area contributed by atoms with Crippen molar-refractivity contribution in [2.45, 2.75) is 13.0 Å². The van der Waals surface area contributed by atoms with Crippen molar-refractivity contribution in [3.8, 4) is 0 Å². The van der Waals surface area contributed by atoms with Gasteiger partial charge >= 0.3 is 5.97 Å². The molecule has 1 aliphatic rings. The normalized spacial score (nSPS) is 17.9. The van der Waals surface area contributed by atoms with Crippen LogP contribution in [0, 0.1) is 0 Å². The zero-order chi connectivity index (χ0) is 14.8. The van der Waals surface area contributed by atoms with Gasteiger partial charge in [0, 0.05) is 31.6 Å². The van der Waals surface area contributed by atoms with E-state index >= 15 is 0 Å². The minimum Gasteiger partial charge on any atom is -0.480 e. The maximum atomic E-state index is 11.0. The number of benzene rings is 1. The van der Waals surface area contributed by atoms with Gasteiger partial charge in [-0.05, 0) is 19.1 Å². The molecule has 0 radical (unpaired) electrons. The summed E-state index contributed by atoms with van der Waals surface area (Å²) in [5.41, 5.74) is 0.934. The van der Waals surface area contributed by atoms with E-state index in [-0.39, 0.29) is 0 Å². The first-order valence-electron chi connectivity index (χ1n) is 7.08. The third-order valence-corrected chi connectivity index (χ3v) is 4.04. The van der Waals surface area contributed by atoms with E-state index in [1.54, 1.807) is 13.3 Å². The van der Waals surface area contributed by atoms with Gasteiger partial charge in [-0.2, -0.15) is 0 Å². The summed E-state index contributed by atoms with van der Waals surface area (Å²) in [5, 5.41) is 10.1. The number of para-hydroxylation sites is 1. The zero-order valence-electron chi connectivity index (χ0n) is 11.9. The Morgan fingerprint density at radius 1 is 1.19 bits per heavy atom.